The Morgan fingerprint density at radius 2 is 1.65 bits per heavy atom. The Morgan fingerprint density at radius 1 is 1.05 bits per heavy atom. The summed E-state index contributed by atoms with van der Waals surface area (Å²) in [5.41, 5.74) is 1.79. The van der Waals surface area contributed by atoms with Gasteiger partial charge in [-0.2, -0.15) is 0 Å². The van der Waals surface area contributed by atoms with Crippen LogP contribution in [0.25, 0.3) is 11.1 Å². The summed E-state index contributed by atoms with van der Waals surface area (Å²) in [6, 6.07) is 16.7. The second-order valence-corrected chi connectivity index (χ2v) is 8.51. The first-order valence-corrected chi connectivity index (χ1v) is 11.3. The Kier molecular flexibility index (Phi) is 7.46. The number of hydrogen-bond acceptors (Lipinski definition) is 7. The Balaban J connectivity index is 1.33. The van der Waals surface area contributed by atoms with E-state index in [4.69, 9.17) is 9.84 Å². The van der Waals surface area contributed by atoms with Crippen molar-refractivity contribution < 1.29 is 39.0 Å². The molecule has 4 rings (SSSR count). The molecule has 0 bridgehead atoms. The zero-order valence-electron chi connectivity index (χ0n) is 19.3. The maximum Gasteiger partial charge on any atom is 0.407 e. The lowest BCUT2D eigenvalue weighted by atomic mass is 9.98. The number of alkyl carbamates (subject to hydrolysis) is 1. The summed E-state index contributed by atoms with van der Waals surface area (Å²) in [4.78, 5) is 33.5. The van der Waals surface area contributed by atoms with Gasteiger partial charge in [0.15, 0.2) is 0 Å². The highest BCUT2D eigenvalue weighted by Gasteiger charge is 2.30. The number of nitro benzene ring substituents is 1. The summed E-state index contributed by atoms with van der Waals surface area (Å²) in [6.45, 7) is -0.0678. The number of amides is 1. The van der Waals surface area contributed by atoms with Crippen LogP contribution in [0.1, 0.15) is 45.5 Å². The highest BCUT2D eigenvalue weighted by Crippen LogP contribution is 2.44. The zero-order valence-corrected chi connectivity index (χ0v) is 19.3. The first-order chi connectivity index (χ1) is 17.7. The number of aliphatic hydroxyl groups is 2. The molecule has 1 amide bonds. The number of fused-ring (bicyclic) bond motifs is 3. The van der Waals surface area contributed by atoms with Crippen LogP contribution in [0.5, 0.6) is 0 Å². The molecule has 0 aliphatic heterocycles. The predicted molar refractivity (Wildman–Crippen MR) is 129 cm³/mol. The number of nitro groups is 1. The number of aromatic carboxylic acids is 1. The molecule has 3 aromatic rings. The third-order valence-electron chi connectivity index (χ3n) is 6.28. The number of carbonyl (C=O) groups excluding carboxylic acids is 1. The topological polar surface area (TPSA) is 159 Å². The average Bonchev–Trinajstić information content (AvgIpc) is 3.20. The molecule has 0 spiro atoms. The number of carbonyl (C=O) groups is 2. The number of halogens is 1. The van der Waals surface area contributed by atoms with Crippen molar-refractivity contribution in [3.8, 4) is 11.1 Å². The van der Waals surface area contributed by atoms with E-state index in [1.807, 2.05) is 48.5 Å². The van der Waals surface area contributed by atoms with E-state index < -0.39 is 51.8 Å². The van der Waals surface area contributed by atoms with Gasteiger partial charge < -0.3 is 25.4 Å². The number of hydrogen-bond donors (Lipinski definition) is 4. The minimum absolute atomic E-state index is 0.0792. The molecule has 11 heteroatoms. The van der Waals surface area contributed by atoms with Crippen LogP contribution in [-0.4, -0.2) is 51.6 Å². The number of benzene rings is 3. The number of carboxylic acids is 1. The van der Waals surface area contributed by atoms with E-state index in [9.17, 15) is 34.3 Å². The van der Waals surface area contributed by atoms with E-state index in [1.165, 1.54) is 0 Å². The molecule has 0 heterocycles. The van der Waals surface area contributed by atoms with Gasteiger partial charge in [-0.25, -0.2) is 14.0 Å². The Labute approximate surface area is 210 Å². The van der Waals surface area contributed by atoms with E-state index in [1.54, 1.807) is 0 Å². The van der Waals surface area contributed by atoms with Gasteiger partial charge in [0.05, 0.1) is 11.0 Å². The van der Waals surface area contributed by atoms with Gasteiger partial charge in [-0.3, -0.25) is 10.1 Å². The second kappa shape index (κ2) is 10.7. The molecule has 0 saturated carbocycles. The average molecular weight is 510 g/mol. The van der Waals surface area contributed by atoms with Gasteiger partial charge in [0.2, 0.25) is 0 Å². The monoisotopic (exact) mass is 510 g/mol. The molecule has 37 heavy (non-hydrogen) atoms. The van der Waals surface area contributed by atoms with Crippen molar-refractivity contribution >= 4 is 17.7 Å². The SMILES string of the molecule is O=C(NCCC(O)C(O)c1cc([N+](=O)[O-])c(C(=O)O)cc1F)OCC1c2ccccc2-c2ccccc21. The molecule has 2 unspecified atom stereocenters. The molecule has 2 atom stereocenters. The van der Waals surface area contributed by atoms with Crippen LogP contribution in [0.3, 0.4) is 0 Å². The molecule has 0 aromatic heterocycles. The number of ether oxygens (including phenoxy) is 1. The summed E-state index contributed by atoms with van der Waals surface area (Å²) in [6.07, 6.45) is -4.50. The molecule has 0 radical (unpaired) electrons. The normalized spacial score (nSPS) is 13.8. The highest BCUT2D eigenvalue weighted by molar-refractivity contribution is 5.92. The zero-order chi connectivity index (χ0) is 26.7. The van der Waals surface area contributed by atoms with Crippen LogP contribution < -0.4 is 5.32 Å². The van der Waals surface area contributed by atoms with Crippen LogP contribution in [0, 0.1) is 15.9 Å². The Hall–Kier alpha value is -4.35. The van der Waals surface area contributed by atoms with E-state index in [0.717, 1.165) is 22.3 Å². The fourth-order valence-corrected chi connectivity index (χ4v) is 4.46. The van der Waals surface area contributed by atoms with Gasteiger partial charge in [0.25, 0.3) is 5.69 Å². The lowest BCUT2D eigenvalue weighted by Gasteiger charge is -2.19. The molecule has 0 saturated heterocycles. The fraction of sp³-hybridized carbons (Fsp3) is 0.231. The van der Waals surface area contributed by atoms with Crippen LogP contribution in [0.15, 0.2) is 60.7 Å². The number of rotatable bonds is 9. The first-order valence-electron chi connectivity index (χ1n) is 11.3. The van der Waals surface area contributed by atoms with Gasteiger partial charge >= 0.3 is 12.1 Å². The smallest absolute Gasteiger partial charge is 0.407 e. The first kappa shape index (κ1) is 25.7. The van der Waals surface area contributed by atoms with Crippen molar-refractivity contribution in [1.82, 2.24) is 5.32 Å². The van der Waals surface area contributed by atoms with Gasteiger partial charge in [-0.05, 0) is 34.7 Å². The van der Waals surface area contributed by atoms with Crippen molar-refractivity contribution in [2.75, 3.05) is 13.2 Å². The standard InChI is InChI=1S/C26H23FN2O8/c27-21-11-19(25(32)33)22(29(35)36)12-18(21)24(31)23(30)9-10-28-26(34)37-13-20-16-7-3-1-5-14(16)15-6-2-4-8-17(15)20/h1-8,11-12,20,23-24,30-31H,9-10,13H2,(H,28,34)(H,32,33). The minimum Gasteiger partial charge on any atom is -0.477 e. The summed E-state index contributed by atoms with van der Waals surface area (Å²) in [7, 11) is 0. The summed E-state index contributed by atoms with van der Waals surface area (Å²) < 4.78 is 19.7. The molecule has 1 aliphatic rings. The highest BCUT2D eigenvalue weighted by atomic mass is 19.1. The second-order valence-electron chi connectivity index (χ2n) is 8.51. The summed E-state index contributed by atoms with van der Waals surface area (Å²) in [5, 5.41) is 43.1. The van der Waals surface area contributed by atoms with Crippen molar-refractivity contribution in [2.24, 2.45) is 0 Å². The van der Waals surface area contributed by atoms with E-state index in [2.05, 4.69) is 5.32 Å². The number of nitrogens with one attached hydrogen (secondary N) is 1. The largest absolute Gasteiger partial charge is 0.477 e. The third kappa shape index (κ3) is 5.27. The van der Waals surface area contributed by atoms with Crippen molar-refractivity contribution in [3.63, 3.8) is 0 Å². The fourth-order valence-electron chi connectivity index (χ4n) is 4.46. The molecular weight excluding hydrogens is 487 g/mol. The third-order valence-corrected chi connectivity index (χ3v) is 6.28. The van der Waals surface area contributed by atoms with Crippen LogP contribution >= 0.6 is 0 Å². The molecule has 4 N–H and O–H groups in total. The van der Waals surface area contributed by atoms with E-state index >= 15 is 0 Å². The quantitative estimate of drug-likeness (QED) is 0.250. The maximum atomic E-state index is 14.3. The van der Waals surface area contributed by atoms with Gasteiger partial charge in [-0.1, -0.05) is 48.5 Å². The van der Waals surface area contributed by atoms with Crippen molar-refractivity contribution in [3.05, 3.63) is 98.8 Å². The van der Waals surface area contributed by atoms with Crippen LogP contribution in [0.2, 0.25) is 0 Å². The predicted octanol–water partition coefficient (Wildman–Crippen LogP) is 3.76. The maximum absolute atomic E-state index is 14.3. The minimum atomic E-state index is -1.90. The molecular formula is C26H23FN2O8. The molecule has 10 nitrogen and oxygen atoms in total. The van der Waals surface area contributed by atoms with E-state index in [-0.39, 0.29) is 25.5 Å². The van der Waals surface area contributed by atoms with Gasteiger partial charge in [0.1, 0.15) is 24.1 Å². The molecule has 1 aliphatic carbocycles. The number of carboxylic acid groups (broad SMARTS) is 1. The lowest BCUT2D eigenvalue weighted by Crippen LogP contribution is -2.31. The summed E-state index contributed by atoms with van der Waals surface area (Å²) >= 11 is 0. The van der Waals surface area contributed by atoms with Crippen molar-refractivity contribution in [1.29, 1.82) is 0 Å². The lowest BCUT2D eigenvalue weighted by molar-refractivity contribution is -0.385. The Morgan fingerprint density at radius 3 is 2.22 bits per heavy atom. The number of nitrogens with zero attached hydrogens (tertiary/aromatic N) is 1. The van der Waals surface area contributed by atoms with Crippen LogP contribution in [-0.2, 0) is 4.74 Å². The number of aliphatic hydroxyl groups excluding tert-OH is 2. The van der Waals surface area contributed by atoms with Gasteiger partial charge in [-0.15, -0.1) is 0 Å². The van der Waals surface area contributed by atoms with Crippen LogP contribution in [0.4, 0.5) is 14.9 Å². The van der Waals surface area contributed by atoms with Crippen molar-refractivity contribution in [2.45, 2.75) is 24.5 Å². The van der Waals surface area contributed by atoms with Gasteiger partial charge in [0, 0.05) is 24.1 Å². The van der Waals surface area contributed by atoms with E-state index in [0.29, 0.717) is 12.1 Å². The molecule has 192 valence electrons. The molecule has 3 aromatic carbocycles. The Bertz CT molecular complexity index is 1320. The summed E-state index contributed by atoms with van der Waals surface area (Å²) in [5.74, 6) is -3.07. The molecule has 0 fully saturated rings.